The highest BCUT2D eigenvalue weighted by atomic mass is 35.5. The van der Waals surface area contributed by atoms with Crippen LogP contribution in [0.3, 0.4) is 0 Å². The van der Waals surface area contributed by atoms with Gasteiger partial charge in [-0.2, -0.15) is 0 Å². The molecule has 138 valence electrons. The van der Waals surface area contributed by atoms with Crippen LogP contribution in [-0.2, 0) is 4.79 Å². The molecule has 0 saturated heterocycles. The van der Waals surface area contributed by atoms with Gasteiger partial charge in [-0.05, 0) is 42.3 Å². The number of nitrogens with zero attached hydrogens (tertiary/aromatic N) is 1. The molecule has 0 saturated carbocycles. The summed E-state index contributed by atoms with van der Waals surface area (Å²) in [6, 6.07) is 12.8. The smallest absolute Gasteiger partial charge is 0.257 e. The van der Waals surface area contributed by atoms with Gasteiger partial charge >= 0.3 is 0 Å². The number of rotatable bonds is 5. The van der Waals surface area contributed by atoms with Crippen LogP contribution in [0.25, 0.3) is 0 Å². The van der Waals surface area contributed by atoms with E-state index in [1.54, 1.807) is 18.1 Å². The number of anilines is 1. The van der Waals surface area contributed by atoms with Crippen LogP contribution in [0.4, 0.5) is 5.69 Å². The van der Waals surface area contributed by atoms with Crippen molar-refractivity contribution in [3.8, 4) is 5.75 Å². The molecule has 0 fully saturated rings. The van der Waals surface area contributed by atoms with Crippen LogP contribution >= 0.6 is 35.0 Å². The van der Waals surface area contributed by atoms with E-state index in [2.05, 4.69) is 0 Å². The molecule has 0 radical (unpaired) electrons. The molecule has 0 unspecified atom stereocenters. The van der Waals surface area contributed by atoms with Gasteiger partial charge in [-0.25, -0.2) is 0 Å². The zero-order valence-corrected chi connectivity index (χ0v) is 16.5. The first kappa shape index (κ1) is 19.4. The van der Waals surface area contributed by atoms with Gasteiger partial charge in [0.15, 0.2) is 0 Å². The van der Waals surface area contributed by atoms with Crippen molar-refractivity contribution in [3.05, 3.63) is 53.1 Å². The Morgan fingerprint density at radius 2 is 1.96 bits per heavy atom. The van der Waals surface area contributed by atoms with Crippen LogP contribution in [0.15, 0.2) is 47.4 Å². The molecule has 4 nitrogen and oxygen atoms in total. The lowest BCUT2D eigenvalue weighted by atomic mass is 10.1. The largest absolute Gasteiger partial charge is 0.497 e. The van der Waals surface area contributed by atoms with Gasteiger partial charge in [0.1, 0.15) is 11.9 Å². The highest BCUT2D eigenvalue weighted by Gasteiger charge is 2.37. The number of carbonyl (C=O) groups is 1. The lowest BCUT2D eigenvalue weighted by Gasteiger charge is -2.25. The Morgan fingerprint density at radius 1 is 1.23 bits per heavy atom. The van der Waals surface area contributed by atoms with Crippen LogP contribution in [0.2, 0.25) is 5.02 Å². The Kier molecular flexibility index (Phi) is 6.35. The lowest BCUT2D eigenvalue weighted by Crippen LogP contribution is -2.41. The van der Waals surface area contributed by atoms with Crippen molar-refractivity contribution in [2.75, 3.05) is 24.4 Å². The molecule has 26 heavy (non-hydrogen) atoms. The highest BCUT2D eigenvalue weighted by molar-refractivity contribution is 7.99. The van der Waals surface area contributed by atoms with E-state index in [1.165, 1.54) is 11.8 Å². The molecular formula is C19H19Cl2NO3S. The Bertz CT molecular complexity index is 785. The van der Waals surface area contributed by atoms with Crippen LogP contribution in [-0.4, -0.2) is 36.7 Å². The summed E-state index contributed by atoms with van der Waals surface area (Å²) in [7, 11) is 1.60. The zero-order valence-electron chi connectivity index (χ0n) is 14.2. The van der Waals surface area contributed by atoms with Gasteiger partial charge in [-0.1, -0.05) is 23.7 Å². The van der Waals surface area contributed by atoms with Gasteiger partial charge in [-0.3, -0.25) is 4.79 Å². The lowest BCUT2D eigenvalue weighted by molar-refractivity contribution is -0.126. The number of fused-ring (bicyclic) bond motifs is 1. The molecule has 3 rings (SSSR count). The van der Waals surface area contributed by atoms with E-state index in [9.17, 15) is 9.90 Å². The molecule has 1 heterocycles. The van der Waals surface area contributed by atoms with Crippen LogP contribution in [0, 0.1) is 0 Å². The van der Waals surface area contributed by atoms with Gasteiger partial charge in [0.05, 0.1) is 18.0 Å². The fraction of sp³-hybridized carbons (Fsp3) is 0.316. The predicted molar refractivity (Wildman–Crippen MR) is 107 cm³/mol. The number of alkyl halides is 1. The Balaban J connectivity index is 2.02. The third kappa shape index (κ3) is 3.96. The molecule has 1 amide bonds. The minimum absolute atomic E-state index is 0.329. The number of ether oxygens (including phenoxy) is 1. The van der Waals surface area contributed by atoms with Gasteiger partial charge in [0.25, 0.3) is 5.91 Å². The number of carbonyl (C=O) groups excluding carboxylic acids is 1. The maximum absolute atomic E-state index is 13.0. The minimum Gasteiger partial charge on any atom is -0.497 e. The Labute approximate surface area is 167 Å². The number of amides is 1. The average Bonchev–Trinajstić information content (AvgIpc) is 2.76. The van der Waals surface area contributed by atoms with E-state index < -0.39 is 11.4 Å². The number of hydrogen-bond donors (Lipinski definition) is 1. The van der Waals surface area contributed by atoms with Crippen LogP contribution < -0.4 is 9.64 Å². The summed E-state index contributed by atoms with van der Waals surface area (Å²) >= 11 is 13.4. The molecule has 1 N–H and O–H groups in total. The number of aliphatic hydroxyl groups is 1. The van der Waals surface area contributed by atoms with Crippen molar-refractivity contribution < 1.29 is 14.6 Å². The monoisotopic (exact) mass is 411 g/mol. The van der Waals surface area contributed by atoms with E-state index in [0.717, 1.165) is 21.9 Å². The molecule has 0 bridgehead atoms. The summed E-state index contributed by atoms with van der Waals surface area (Å²) in [6.45, 7) is 0.448. The molecule has 2 atom stereocenters. The second kappa shape index (κ2) is 8.53. The summed E-state index contributed by atoms with van der Waals surface area (Å²) < 4.78 is 5.19. The van der Waals surface area contributed by atoms with Crippen molar-refractivity contribution in [3.63, 3.8) is 0 Å². The van der Waals surface area contributed by atoms with Crippen molar-refractivity contribution in [2.24, 2.45) is 0 Å². The van der Waals surface area contributed by atoms with Gasteiger partial charge in [-0.15, -0.1) is 23.4 Å². The van der Waals surface area contributed by atoms with Gasteiger partial charge < -0.3 is 14.7 Å². The highest BCUT2D eigenvalue weighted by Crippen LogP contribution is 2.46. The number of benzene rings is 2. The summed E-state index contributed by atoms with van der Waals surface area (Å²) in [5, 5.41) is 10.9. The normalized spacial score (nSPS) is 19.8. The molecule has 2 aromatic rings. The van der Waals surface area contributed by atoms with E-state index in [-0.39, 0.29) is 5.91 Å². The standard InChI is InChI=1S/C19H19Cl2NO3S/c1-25-14-6-3-12(4-7-14)18-17(23)19(24)22(10-2-9-20)15-8-5-13(21)11-16(15)26-18/h3-8,11,17-18,23H,2,9-10H2,1H3/t17-,18+/m1/s1. The molecule has 1 aliphatic heterocycles. The molecule has 0 aliphatic carbocycles. The summed E-state index contributed by atoms with van der Waals surface area (Å²) in [5.41, 5.74) is 1.60. The van der Waals surface area contributed by atoms with Crippen LogP contribution in [0.1, 0.15) is 17.2 Å². The first-order chi connectivity index (χ1) is 12.5. The SMILES string of the molecule is COc1ccc([C@@H]2Sc3cc(Cl)ccc3N(CCCCl)C(=O)[C@@H]2O)cc1. The van der Waals surface area contributed by atoms with Crippen molar-refractivity contribution in [1.82, 2.24) is 0 Å². The van der Waals surface area contributed by atoms with E-state index >= 15 is 0 Å². The number of hydrogen-bond acceptors (Lipinski definition) is 4. The second-order valence-electron chi connectivity index (χ2n) is 5.90. The molecule has 2 aromatic carbocycles. The Morgan fingerprint density at radius 3 is 2.62 bits per heavy atom. The summed E-state index contributed by atoms with van der Waals surface area (Å²) in [5.74, 6) is 0.836. The van der Waals surface area contributed by atoms with Gasteiger partial charge in [0, 0.05) is 22.3 Å². The molecule has 0 aromatic heterocycles. The minimum atomic E-state index is -1.17. The van der Waals surface area contributed by atoms with E-state index in [0.29, 0.717) is 23.9 Å². The second-order valence-corrected chi connectivity index (χ2v) is 7.90. The fourth-order valence-electron chi connectivity index (χ4n) is 2.91. The first-order valence-corrected chi connectivity index (χ1v) is 10.00. The third-order valence-corrected chi connectivity index (χ3v) is 6.10. The predicted octanol–water partition coefficient (Wildman–Crippen LogP) is 4.52. The van der Waals surface area contributed by atoms with Crippen molar-refractivity contribution >= 4 is 46.6 Å². The number of halogens is 2. The Hall–Kier alpha value is -1.40. The van der Waals surface area contributed by atoms with E-state index in [1.807, 2.05) is 36.4 Å². The molecule has 7 heteroatoms. The van der Waals surface area contributed by atoms with Crippen molar-refractivity contribution in [2.45, 2.75) is 22.7 Å². The number of methoxy groups -OCH3 is 1. The molecule has 1 aliphatic rings. The summed E-state index contributed by atoms with van der Waals surface area (Å²) in [6.07, 6.45) is -0.533. The van der Waals surface area contributed by atoms with Gasteiger partial charge in [0.2, 0.25) is 0 Å². The zero-order chi connectivity index (χ0) is 18.7. The maximum Gasteiger partial charge on any atom is 0.257 e. The number of aliphatic hydroxyl groups excluding tert-OH is 1. The quantitative estimate of drug-likeness (QED) is 0.734. The summed E-state index contributed by atoms with van der Waals surface area (Å²) in [4.78, 5) is 15.4. The van der Waals surface area contributed by atoms with E-state index in [4.69, 9.17) is 27.9 Å². The average molecular weight is 412 g/mol. The molecular weight excluding hydrogens is 393 g/mol. The number of thioether (sulfide) groups is 1. The first-order valence-electron chi connectivity index (χ1n) is 8.20. The third-order valence-electron chi connectivity index (χ3n) is 4.23. The maximum atomic E-state index is 13.0. The van der Waals surface area contributed by atoms with Crippen molar-refractivity contribution in [1.29, 1.82) is 0 Å². The fourth-order valence-corrected chi connectivity index (χ4v) is 4.57. The molecule has 0 spiro atoms. The van der Waals surface area contributed by atoms with Crippen LogP contribution in [0.5, 0.6) is 5.75 Å². The topological polar surface area (TPSA) is 49.8 Å².